The van der Waals surface area contributed by atoms with Crippen molar-refractivity contribution in [1.82, 2.24) is 10.6 Å². The van der Waals surface area contributed by atoms with Crippen LogP contribution in [0.5, 0.6) is 5.75 Å². The largest absolute Gasteiger partial charge is 0.484 e. The Bertz CT molecular complexity index is 524. The van der Waals surface area contributed by atoms with Gasteiger partial charge in [-0.2, -0.15) is 13.2 Å². The number of halogens is 4. The summed E-state index contributed by atoms with van der Waals surface area (Å²) in [6.45, 7) is 2.06. The first-order chi connectivity index (χ1) is 10.4. The number of nitrogens with one attached hydrogen (secondary N) is 2. The maximum Gasteiger partial charge on any atom is 0.422 e. The van der Waals surface area contributed by atoms with E-state index < -0.39 is 12.8 Å². The molecule has 128 valence electrons. The molecule has 0 saturated carbocycles. The van der Waals surface area contributed by atoms with E-state index in [2.05, 4.69) is 26.3 Å². The molecule has 1 aromatic carbocycles. The van der Waals surface area contributed by atoms with Gasteiger partial charge in [-0.25, -0.2) is 4.99 Å². The van der Waals surface area contributed by atoms with Crippen molar-refractivity contribution in [1.29, 1.82) is 0 Å². The number of aliphatic imine (C=N–C) groups is 1. The van der Waals surface area contributed by atoms with Crippen LogP contribution in [0.1, 0.15) is 12.5 Å². The van der Waals surface area contributed by atoms with E-state index in [1.165, 1.54) is 12.1 Å². The predicted molar refractivity (Wildman–Crippen MR) is 95.1 cm³/mol. The summed E-state index contributed by atoms with van der Waals surface area (Å²) in [6.07, 6.45) is 0.826. The molecule has 0 aliphatic carbocycles. The summed E-state index contributed by atoms with van der Waals surface area (Å²) >= 11 is 0. The summed E-state index contributed by atoms with van der Waals surface area (Å²) in [5, 5.41) is 5.97. The van der Waals surface area contributed by atoms with E-state index in [9.17, 15) is 13.2 Å². The van der Waals surface area contributed by atoms with Crippen LogP contribution >= 0.6 is 24.0 Å². The van der Waals surface area contributed by atoms with Gasteiger partial charge in [-0.1, -0.05) is 18.1 Å². The zero-order valence-electron chi connectivity index (χ0n) is 12.6. The van der Waals surface area contributed by atoms with Crippen LogP contribution in [0.2, 0.25) is 0 Å². The second-order valence-corrected chi connectivity index (χ2v) is 4.30. The Morgan fingerprint density at radius 2 is 1.91 bits per heavy atom. The number of benzene rings is 1. The van der Waals surface area contributed by atoms with Crippen molar-refractivity contribution < 1.29 is 17.9 Å². The van der Waals surface area contributed by atoms with Crippen molar-refractivity contribution in [3.8, 4) is 18.1 Å². The molecule has 0 amide bonds. The molecule has 0 radical (unpaired) electrons. The Kier molecular flexibility index (Phi) is 10.2. The Morgan fingerprint density at radius 1 is 1.26 bits per heavy atom. The normalized spacial score (nSPS) is 11.2. The Hall–Kier alpha value is -1.63. The van der Waals surface area contributed by atoms with Gasteiger partial charge in [-0.05, 0) is 24.6 Å². The Balaban J connectivity index is 0.00000484. The fourth-order valence-corrected chi connectivity index (χ4v) is 1.50. The average molecular weight is 441 g/mol. The summed E-state index contributed by atoms with van der Waals surface area (Å²) in [4.78, 5) is 4.31. The lowest BCUT2D eigenvalue weighted by atomic mass is 10.2. The highest BCUT2D eigenvalue weighted by Gasteiger charge is 2.28. The Morgan fingerprint density at radius 3 is 2.43 bits per heavy atom. The van der Waals surface area contributed by atoms with E-state index in [1.54, 1.807) is 12.1 Å². The van der Waals surface area contributed by atoms with Gasteiger partial charge in [0.2, 0.25) is 0 Å². The van der Waals surface area contributed by atoms with Crippen molar-refractivity contribution in [2.45, 2.75) is 19.6 Å². The van der Waals surface area contributed by atoms with Gasteiger partial charge in [0.05, 0.1) is 13.1 Å². The number of nitrogens with zero attached hydrogens (tertiary/aromatic N) is 1. The molecule has 1 rings (SSSR count). The first-order valence-electron chi connectivity index (χ1n) is 6.68. The molecule has 0 fully saturated rings. The molecule has 0 aromatic heterocycles. The molecule has 0 aliphatic heterocycles. The predicted octanol–water partition coefficient (Wildman–Crippen LogP) is 2.93. The lowest BCUT2D eigenvalue weighted by molar-refractivity contribution is -0.153. The second-order valence-electron chi connectivity index (χ2n) is 4.30. The Labute approximate surface area is 150 Å². The molecular weight excluding hydrogens is 422 g/mol. The van der Waals surface area contributed by atoms with Crippen LogP contribution < -0.4 is 15.4 Å². The molecule has 0 saturated heterocycles. The molecule has 23 heavy (non-hydrogen) atoms. The average Bonchev–Trinajstić information content (AvgIpc) is 2.48. The maximum absolute atomic E-state index is 12.0. The van der Waals surface area contributed by atoms with E-state index in [0.717, 1.165) is 5.56 Å². The number of guanidine groups is 1. The molecule has 2 N–H and O–H groups in total. The van der Waals surface area contributed by atoms with Gasteiger partial charge in [0.15, 0.2) is 12.6 Å². The first-order valence-corrected chi connectivity index (χ1v) is 6.68. The summed E-state index contributed by atoms with van der Waals surface area (Å²) in [6, 6.07) is 6.30. The minimum Gasteiger partial charge on any atom is -0.484 e. The quantitative estimate of drug-likeness (QED) is 0.309. The number of alkyl halides is 3. The zero-order valence-corrected chi connectivity index (χ0v) is 14.9. The van der Waals surface area contributed by atoms with Crippen LogP contribution in [0.4, 0.5) is 13.2 Å². The van der Waals surface area contributed by atoms with Crippen LogP contribution in [-0.4, -0.2) is 31.8 Å². The summed E-state index contributed by atoms with van der Waals surface area (Å²) < 4.78 is 40.7. The molecular formula is C15H19F3IN3O. The highest BCUT2D eigenvalue weighted by atomic mass is 127. The fraction of sp³-hybridized carbons (Fsp3) is 0.400. The minimum absolute atomic E-state index is 0. The molecule has 0 atom stereocenters. The van der Waals surface area contributed by atoms with E-state index in [0.29, 0.717) is 25.6 Å². The maximum atomic E-state index is 12.0. The van der Waals surface area contributed by atoms with Gasteiger partial charge in [0, 0.05) is 6.54 Å². The van der Waals surface area contributed by atoms with Crippen molar-refractivity contribution in [3.05, 3.63) is 29.8 Å². The van der Waals surface area contributed by atoms with E-state index in [1.807, 2.05) is 6.92 Å². The molecule has 0 bridgehead atoms. The molecule has 0 aliphatic rings. The second kappa shape index (κ2) is 11.0. The third-order valence-corrected chi connectivity index (χ3v) is 2.45. The number of hydrogen-bond acceptors (Lipinski definition) is 2. The lowest BCUT2D eigenvalue weighted by Gasteiger charge is -2.10. The van der Waals surface area contributed by atoms with Gasteiger partial charge < -0.3 is 15.4 Å². The number of rotatable bonds is 6. The molecule has 0 unspecified atom stereocenters. The smallest absolute Gasteiger partial charge is 0.422 e. The molecule has 1 aromatic rings. The summed E-state index contributed by atoms with van der Waals surface area (Å²) in [5.41, 5.74) is 0.845. The van der Waals surface area contributed by atoms with Crippen LogP contribution in [0.25, 0.3) is 0 Å². The SMILES string of the molecule is C#CCNC(=NCc1ccc(OCC(F)(F)F)cc1)NCC.I. The third-order valence-electron chi connectivity index (χ3n) is 2.45. The van der Waals surface area contributed by atoms with Crippen LogP contribution in [0, 0.1) is 12.3 Å². The fourth-order valence-electron chi connectivity index (χ4n) is 1.50. The minimum atomic E-state index is -4.34. The van der Waals surface area contributed by atoms with Crippen molar-refractivity contribution in [2.24, 2.45) is 4.99 Å². The number of hydrogen-bond donors (Lipinski definition) is 2. The molecule has 4 nitrogen and oxygen atoms in total. The topological polar surface area (TPSA) is 45.7 Å². The number of ether oxygens (including phenoxy) is 1. The van der Waals surface area contributed by atoms with E-state index in [4.69, 9.17) is 6.42 Å². The van der Waals surface area contributed by atoms with E-state index in [-0.39, 0.29) is 29.7 Å². The summed E-state index contributed by atoms with van der Waals surface area (Å²) in [5.74, 6) is 3.20. The zero-order chi connectivity index (χ0) is 16.4. The van der Waals surface area contributed by atoms with E-state index >= 15 is 0 Å². The van der Waals surface area contributed by atoms with Crippen molar-refractivity contribution in [3.63, 3.8) is 0 Å². The van der Waals surface area contributed by atoms with Crippen LogP contribution in [0.15, 0.2) is 29.3 Å². The number of terminal acetylenes is 1. The van der Waals surface area contributed by atoms with Crippen molar-refractivity contribution >= 4 is 29.9 Å². The highest BCUT2D eigenvalue weighted by Crippen LogP contribution is 2.19. The van der Waals surface area contributed by atoms with Gasteiger partial charge in [0.1, 0.15) is 5.75 Å². The molecule has 0 heterocycles. The summed E-state index contributed by atoms with van der Waals surface area (Å²) in [7, 11) is 0. The molecule has 0 spiro atoms. The van der Waals surface area contributed by atoms with Gasteiger partial charge >= 0.3 is 6.18 Å². The van der Waals surface area contributed by atoms with Crippen LogP contribution in [0.3, 0.4) is 0 Å². The van der Waals surface area contributed by atoms with Gasteiger partial charge in [0.25, 0.3) is 0 Å². The first kappa shape index (κ1) is 21.4. The van der Waals surface area contributed by atoms with Crippen LogP contribution in [-0.2, 0) is 6.54 Å². The highest BCUT2D eigenvalue weighted by molar-refractivity contribution is 14.0. The lowest BCUT2D eigenvalue weighted by Crippen LogP contribution is -2.37. The van der Waals surface area contributed by atoms with Crippen molar-refractivity contribution in [2.75, 3.05) is 19.7 Å². The monoisotopic (exact) mass is 441 g/mol. The third kappa shape index (κ3) is 9.89. The van der Waals surface area contributed by atoms with Gasteiger partial charge in [-0.15, -0.1) is 30.4 Å². The van der Waals surface area contributed by atoms with Gasteiger partial charge in [-0.3, -0.25) is 0 Å². The standard InChI is InChI=1S/C15H18F3N3O.HI/c1-3-9-20-14(19-4-2)21-10-12-5-7-13(8-6-12)22-11-15(16,17)18;/h1,5-8H,4,9-11H2,2H3,(H2,19,20,21);1H. The molecule has 8 heteroatoms.